The highest BCUT2D eigenvalue weighted by Crippen LogP contribution is 2.25. The first-order valence-electron chi connectivity index (χ1n) is 6.98. The number of nitrogens with one attached hydrogen (secondary N) is 2. The van der Waals surface area contributed by atoms with Gasteiger partial charge in [-0.15, -0.1) is 0 Å². The molecule has 25 heavy (non-hydrogen) atoms. The van der Waals surface area contributed by atoms with E-state index >= 15 is 0 Å². The number of hydrazine groups is 1. The fourth-order valence-corrected chi connectivity index (χ4v) is 2.31. The van der Waals surface area contributed by atoms with Crippen molar-refractivity contribution in [3.05, 3.63) is 57.8 Å². The normalized spacial score (nSPS) is 10.0. The van der Waals surface area contributed by atoms with E-state index in [1.54, 1.807) is 24.3 Å². The lowest BCUT2D eigenvalue weighted by atomic mass is 10.3. The first kappa shape index (κ1) is 19.0. The van der Waals surface area contributed by atoms with Crippen LogP contribution in [0.4, 0.5) is 4.39 Å². The van der Waals surface area contributed by atoms with Crippen molar-refractivity contribution in [3.63, 3.8) is 0 Å². The Balaban J connectivity index is 1.70. The molecule has 0 aliphatic rings. The predicted octanol–water partition coefficient (Wildman–Crippen LogP) is 2.85. The maximum Gasteiger partial charge on any atom is 0.276 e. The number of amides is 2. The number of benzene rings is 2. The molecule has 9 heteroatoms. The topological polar surface area (TPSA) is 76.7 Å². The van der Waals surface area contributed by atoms with Gasteiger partial charge in [-0.1, -0.05) is 23.7 Å². The van der Waals surface area contributed by atoms with E-state index in [0.717, 1.165) is 0 Å². The fourth-order valence-electron chi connectivity index (χ4n) is 1.65. The van der Waals surface area contributed by atoms with Crippen LogP contribution in [0.25, 0.3) is 0 Å². The summed E-state index contributed by atoms with van der Waals surface area (Å²) in [4.78, 5) is 23.2. The van der Waals surface area contributed by atoms with Crippen molar-refractivity contribution in [3.8, 4) is 11.5 Å². The van der Waals surface area contributed by atoms with Gasteiger partial charge < -0.3 is 9.47 Å². The van der Waals surface area contributed by atoms with Gasteiger partial charge in [0.2, 0.25) is 0 Å². The maximum atomic E-state index is 12.9. The van der Waals surface area contributed by atoms with Crippen LogP contribution in [0.1, 0.15) is 0 Å². The second kappa shape index (κ2) is 9.24. The van der Waals surface area contributed by atoms with E-state index in [9.17, 15) is 14.0 Å². The number of ether oxygens (including phenoxy) is 2. The van der Waals surface area contributed by atoms with Crippen LogP contribution in [0.5, 0.6) is 11.5 Å². The van der Waals surface area contributed by atoms with Gasteiger partial charge in [-0.05, 0) is 46.3 Å². The molecule has 0 aliphatic heterocycles. The summed E-state index contributed by atoms with van der Waals surface area (Å²) in [5, 5.41) is 0.373. The number of para-hydroxylation sites is 1. The monoisotopic (exact) mass is 430 g/mol. The molecule has 0 atom stereocenters. The molecule has 6 nitrogen and oxygen atoms in total. The SMILES string of the molecule is O=C(COc1ccccc1Cl)NNC(=O)COc1ccc(F)cc1Br. The molecule has 2 aromatic rings. The van der Waals surface area contributed by atoms with E-state index in [4.69, 9.17) is 21.1 Å². The third-order valence-electron chi connectivity index (χ3n) is 2.79. The first-order valence-corrected chi connectivity index (χ1v) is 8.15. The summed E-state index contributed by atoms with van der Waals surface area (Å²) < 4.78 is 23.7. The van der Waals surface area contributed by atoms with Crippen molar-refractivity contribution in [1.29, 1.82) is 0 Å². The van der Waals surface area contributed by atoms with Crippen molar-refractivity contribution in [2.24, 2.45) is 0 Å². The van der Waals surface area contributed by atoms with Crippen LogP contribution >= 0.6 is 27.5 Å². The second-order valence-corrected chi connectivity index (χ2v) is 5.94. The molecule has 0 bridgehead atoms. The van der Waals surface area contributed by atoms with E-state index in [0.29, 0.717) is 21.0 Å². The number of rotatable bonds is 6. The van der Waals surface area contributed by atoms with Crippen LogP contribution in [0.2, 0.25) is 5.02 Å². The molecule has 0 fully saturated rings. The van der Waals surface area contributed by atoms with Gasteiger partial charge in [-0.2, -0.15) is 0 Å². The highest BCUT2D eigenvalue weighted by molar-refractivity contribution is 9.10. The Bertz CT molecular complexity index is 776. The zero-order valence-electron chi connectivity index (χ0n) is 12.7. The molecule has 132 valence electrons. The lowest BCUT2D eigenvalue weighted by molar-refractivity contribution is -0.131. The third kappa shape index (κ3) is 6.24. The van der Waals surface area contributed by atoms with E-state index < -0.39 is 17.6 Å². The Morgan fingerprint density at radius 2 is 1.60 bits per heavy atom. The summed E-state index contributed by atoms with van der Waals surface area (Å²) in [6.45, 7) is -0.690. The summed E-state index contributed by atoms with van der Waals surface area (Å²) in [5.41, 5.74) is 4.34. The quantitative estimate of drug-likeness (QED) is 0.690. The molecule has 2 aromatic carbocycles. The molecule has 0 aromatic heterocycles. The van der Waals surface area contributed by atoms with Gasteiger partial charge in [-0.3, -0.25) is 20.4 Å². The molecule has 2 amide bonds. The number of carbonyl (C=O) groups is 2. The molecular weight excluding hydrogens is 419 g/mol. The number of halogens is 3. The van der Waals surface area contributed by atoms with E-state index in [1.807, 2.05) is 0 Å². The molecule has 0 unspecified atom stereocenters. The van der Waals surface area contributed by atoms with E-state index in [1.165, 1.54) is 18.2 Å². The van der Waals surface area contributed by atoms with E-state index in [2.05, 4.69) is 26.8 Å². The minimum atomic E-state index is -0.595. The van der Waals surface area contributed by atoms with Gasteiger partial charge in [0, 0.05) is 0 Å². The number of carbonyl (C=O) groups excluding carboxylic acids is 2. The first-order chi connectivity index (χ1) is 12.0. The van der Waals surface area contributed by atoms with Crippen LogP contribution in [-0.2, 0) is 9.59 Å². The van der Waals surface area contributed by atoms with Crippen LogP contribution in [0.3, 0.4) is 0 Å². The van der Waals surface area contributed by atoms with Gasteiger partial charge >= 0.3 is 0 Å². The van der Waals surface area contributed by atoms with Crippen LogP contribution < -0.4 is 20.3 Å². The molecule has 2 N–H and O–H groups in total. The van der Waals surface area contributed by atoms with Crippen molar-refractivity contribution in [1.82, 2.24) is 10.9 Å². The molecule has 0 saturated heterocycles. The Morgan fingerprint density at radius 1 is 1.00 bits per heavy atom. The summed E-state index contributed by atoms with van der Waals surface area (Å²) in [7, 11) is 0. The van der Waals surface area contributed by atoms with E-state index in [-0.39, 0.29) is 13.2 Å². The Labute approximate surface area is 156 Å². The smallest absolute Gasteiger partial charge is 0.276 e. The zero-order valence-corrected chi connectivity index (χ0v) is 15.1. The van der Waals surface area contributed by atoms with Gasteiger partial charge in [0.25, 0.3) is 11.8 Å². The third-order valence-corrected chi connectivity index (χ3v) is 3.72. The summed E-state index contributed by atoms with van der Waals surface area (Å²) in [5.74, 6) is -0.951. The molecule has 0 saturated carbocycles. The summed E-state index contributed by atoms with van der Waals surface area (Å²) >= 11 is 9.00. The number of hydrogen-bond donors (Lipinski definition) is 2. The lowest BCUT2D eigenvalue weighted by Crippen LogP contribution is -2.45. The highest BCUT2D eigenvalue weighted by atomic mass is 79.9. The average Bonchev–Trinajstić information content (AvgIpc) is 2.58. The van der Waals surface area contributed by atoms with Gasteiger partial charge in [0.1, 0.15) is 17.3 Å². The highest BCUT2D eigenvalue weighted by Gasteiger charge is 2.09. The lowest BCUT2D eigenvalue weighted by Gasteiger charge is -2.11. The minimum Gasteiger partial charge on any atom is -0.483 e. The van der Waals surface area contributed by atoms with Gasteiger partial charge in [-0.25, -0.2) is 4.39 Å². The molecule has 2 rings (SSSR count). The molecule has 0 spiro atoms. The van der Waals surface area contributed by atoms with Crippen LogP contribution in [0, 0.1) is 5.82 Å². The zero-order chi connectivity index (χ0) is 18.2. The summed E-state index contributed by atoms with van der Waals surface area (Å²) in [6.07, 6.45) is 0. The van der Waals surface area contributed by atoms with Gasteiger partial charge in [0.05, 0.1) is 9.50 Å². The molecule has 0 heterocycles. The minimum absolute atomic E-state index is 0.296. The maximum absolute atomic E-state index is 12.9. The average molecular weight is 432 g/mol. The number of hydrogen-bond acceptors (Lipinski definition) is 4. The Kier molecular flexibility index (Phi) is 7.03. The van der Waals surface area contributed by atoms with Crippen LogP contribution in [-0.4, -0.2) is 25.0 Å². The molecular formula is C16H13BrClFN2O4. The largest absolute Gasteiger partial charge is 0.483 e. The standard InChI is InChI=1S/C16H13BrClFN2O4/c17-11-7-10(19)5-6-13(11)24-8-15(22)20-21-16(23)9-25-14-4-2-1-3-12(14)18/h1-7H,8-9H2,(H,20,22)(H,21,23). The van der Waals surface area contributed by atoms with Crippen molar-refractivity contribution in [2.75, 3.05) is 13.2 Å². The summed E-state index contributed by atoms with van der Waals surface area (Å²) in [6, 6.07) is 10.5. The van der Waals surface area contributed by atoms with Crippen LogP contribution in [0.15, 0.2) is 46.9 Å². The molecule has 0 radical (unpaired) electrons. The van der Waals surface area contributed by atoms with Crippen molar-refractivity contribution >= 4 is 39.3 Å². The van der Waals surface area contributed by atoms with Crippen molar-refractivity contribution < 1.29 is 23.5 Å². The van der Waals surface area contributed by atoms with Gasteiger partial charge in [0.15, 0.2) is 13.2 Å². The molecule has 0 aliphatic carbocycles. The Hall–Kier alpha value is -2.32. The van der Waals surface area contributed by atoms with Crippen molar-refractivity contribution in [2.45, 2.75) is 0 Å². The second-order valence-electron chi connectivity index (χ2n) is 4.68. The fraction of sp³-hybridized carbons (Fsp3) is 0.125. The predicted molar refractivity (Wildman–Crippen MR) is 92.8 cm³/mol. The Morgan fingerprint density at radius 3 is 2.20 bits per heavy atom.